The van der Waals surface area contributed by atoms with Gasteiger partial charge in [-0.2, -0.15) is 0 Å². The molecule has 0 amide bonds. The maximum absolute atomic E-state index is 6.09. The minimum absolute atomic E-state index is 0.528. The highest BCUT2D eigenvalue weighted by Crippen LogP contribution is 2.27. The third-order valence-corrected chi connectivity index (χ3v) is 2.65. The lowest BCUT2D eigenvalue weighted by Gasteiger charge is -2.03. The zero-order valence-electron chi connectivity index (χ0n) is 8.50. The minimum Gasteiger partial charge on any atom is -0.367 e. The lowest BCUT2D eigenvalue weighted by atomic mass is 10.2. The number of nitrogens with one attached hydrogen (secondary N) is 1. The fraction of sp³-hybridized carbons (Fsp3) is 0.300. The van der Waals surface area contributed by atoms with Crippen LogP contribution in [0.1, 0.15) is 5.82 Å². The maximum Gasteiger partial charge on any atom is 0.155 e. The lowest BCUT2D eigenvalue weighted by molar-refractivity contribution is 0.782. The molecule has 0 atom stereocenters. The van der Waals surface area contributed by atoms with Crippen LogP contribution in [0.15, 0.2) is 18.5 Å². The molecule has 0 aromatic carbocycles. The molecule has 2 aromatic rings. The van der Waals surface area contributed by atoms with Crippen molar-refractivity contribution < 1.29 is 0 Å². The number of nitrogens with two attached hydrogens (primary N) is 1. The molecule has 0 fully saturated rings. The fourth-order valence-corrected chi connectivity index (χ4v) is 1.98. The van der Waals surface area contributed by atoms with E-state index in [1.165, 1.54) is 0 Å². The van der Waals surface area contributed by atoms with E-state index in [9.17, 15) is 0 Å². The number of H-pyrrole nitrogens is 1. The molecule has 5 heteroatoms. The van der Waals surface area contributed by atoms with Crippen molar-refractivity contribution in [2.24, 2.45) is 12.8 Å². The van der Waals surface area contributed by atoms with Crippen molar-refractivity contribution in [3.05, 3.63) is 29.4 Å². The van der Waals surface area contributed by atoms with Crippen LogP contribution in [0.2, 0.25) is 5.15 Å². The molecule has 2 aromatic heterocycles. The second-order valence-electron chi connectivity index (χ2n) is 3.36. The van der Waals surface area contributed by atoms with E-state index in [-0.39, 0.29) is 0 Å². The van der Waals surface area contributed by atoms with Crippen LogP contribution in [-0.2, 0) is 13.5 Å². The molecule has 0 bridgehead atoms. The van der Waals surface area contributed by atoms with Gasteiger partial charge in [-0.25, -0.2) is 4.98 Å². The predicted molar refractivity (Wildman–Crippen MR) is 60.8 cm³/mol. The summed E-state index contributed by atoms with van der Waals surface area (Å²) in [5, 5.41) is 0.528. The molecule has 15 heavy (non-hydrogen) atoms. The summed E-state index contributed by atoms with van der Waals surface area (Å²) in [5.41, 5.74) is 7.48. The molecule has 0 radical (unpaired) electrons. The van der Waals surface area contributed by atoms with Crippen LogP contribution in [-0.4, -0.2) is 21.1 Å². The largest absolute Gasteiger partial charge is 0.367 e. The summed E-state index contributed by atoms with van der Waals surface area (Å²) in [5.74, 6) is 0.915. The Labute approximate surface area is 93.1 Å². The third kappa shape index (κ3) is 1.78. The number of rotatable bonds is 3. The van der Waals surface area contributed by atoms with E-state index in [0.29, 0.717) is 11.7 Å². The molecule has 0 aliphatic carbocycles. The highest BCUT2D eigenvalue weighted by Gasteiger charge is 2.14. The van der Waals surface area contributed by atoms with Crippen molar-refractivity contribution >= 4 is 11.6 Å². The topological polar surface area (TPSA) is 59.6 Å². The monoisotopic (exact) mass is 224 g/mol. The van der Waals surface area contributed by atoms with Gasteiger partial charge < -0.3 is 15.3 Å². The van der Waals surface area contributed by atoms with Crippen LogP contribution < -0.4 is 5.73 Å². The van der Waals surface area contributed by atoms with Gasteiger partial charge in [0.15, 0.2) is 5.15 Å². The number of aromatic amines is 1. The van der Waals surface area contributed by atoms with Crippen molar-refractivity contribution in [1.29, 1.82) is 0 Å². The van der Waals surface area contributed by atoms with Gasteiger partial charge in [0.1, 0.15) is 5.82 Å². The highest BCUT2D eigenvalue weighted by molar-refractivity contribution is 6.32. The average Bonchev–Trinajstić information content (AvgIpc) is 2.77. The molecule has 0 saturated carbocycles. The molecule has 0 aliphatic heterocycles. The van der Waals surface area contributed by atoms with Crippen LogP contribution in [0, 0.1) is 0 Å². The lowest BCUT2D eigenvalue weighted by Crippen LogP contribution is -2.08. The number of aromatic nitrogens is 3. The molecule has 80 valence electrons. The van der Waals surface area contributed by atoms with Gasteiger partial charge in [-0.15, -0.1) is 0 Å². The number of hydrogen-bond acceptors (Lipinski definition) is 2. The van der Waals surface area contributed by atoms with E-state index < -0.39 is 0 Å². The molecular formula is C10H13ClN4. The SMILES string of the molecule is Cn1c(CCN)nc(Cl)c1-c1cc[nH]c1. The first kappa shape index (κ1) is 10.3. The smallest absolute Gasteiger partial charge is 0.155 e. The van der Waals surface area contributed by atoms with Gasteiger partial charge in [-0.05, 0) is 12.6 Å². The molecule has 2 heterocycles. The Morgan fingerprint density at radius 1 is 1.60 bits per heavy atom. The number of halogens is 1. The van der Waals surface area contributed by atoms with Crippen molar-refractivity contribution in [3.63, 3.8) is 0 Å². The quantitative estimate of drug-likeness (QED) is 0.832. The van der Waals surface area contributed by atoms with E-state index in [1.807, 2.05) is 30.1 Å². The number of nitrogens with zero attached hydrogens (tertiary/aromatic N) is 2. The van der Waals surface area contributed by atoms with Crippen molar-refractivity contribution in [1.82, 2.24) is 14.5 Å². The van der Waals surface area contributed by atoms with Gasteiger partial charge in [0, 0.05) is 31.4 Å². The summed E-state index contributed by atoms with van der Waals surface area (Å²) < 4.78 is 1.98. The van der Waals surface area contributed by atoms with Crippen molar-refractivity contribution in [2.75, 3.05) is 6.54 Å². The average molecular weight is 225 g/mol. The molecule has 4 nitrogen and oxygen atoms in total. The van der Waals surface area contributed by atoms with Gasteiger partial charge >= 0.3 is 0 Å². The van der Waals surface area contributed by atoms with Gasteiger partial charge in [0.05, 0.1) is 5.69 Å². The Morgan fingerprint density at radius 2 is 2.40 bits per heavy atom. The summed E-state index contributed by atoms with van der Waals surface area (Å²) in [7, 11) is 1.95. The Morgan fingerprint density at radius 3 is 3.00 bits per heavy atom. The minimum atomic E-state index is 0.528. The first-order valence-electron chi connectivity index (χ1n) is 4.78. The molecule has 0 saturated heterocycles. The first-order valence-corrected chi connectivity index (χ1v) is 5.16. The molecule has 0 unspecified atom stereocenters. The van der Waals surface area contributed by atoms with E-state index in [1.54, 1.807) is 0 Å². The Bertz CT molecular complexity index is 444. The highest BCUT2D eigenvalue weighted by atomic mass is 35.5. The van der Waals surface area contributed by atoms with Crippen molar-refractivity contribution in [2.45, 2.75) is 6.42 Å². The molecule has 0 aliphatic rings. The zero-order chi connectivity index (χ0) is 10.8. The van der Waals surface area contributed by atoms with Crippen LogP contribution in [0.4, 0.5) is 0 Å². The number of imidazole rings is 1. The van der Waals surface area contributed by atoms with Gasteiger partial charge in [0.2, 0.25) is 0 Å². The Balaban J connectivity index is 2.48. The fourth-order valence-electron chi connectivity index (χ4n) is 1.65. The van der Waals surface area contributed by atoms with E-state index >= 15 is 0 Å². The van der Waals surface area contributed by atoms with Crippen LogP contribution in [0.3, 0.4) is 0 Å². The summed E-state index contributed by atoms with van der Waals surface area (Å²) in [6.07, 6.45) is 4.50. The summed E-state index contributed by atoms with van der Waals surface area (Å²) in [6, 6.07) is 1.97. The Hall–Kier alpha value is -1.26. The second-order valence-corrected chi connectivity index (χ2v) is 3.72. The van der Waals surface area contributed by atoms with Crippen LogP contribution in [0.25, 0.3) is 11.3 Å². The Kier molecular flexibility index (Phi) is 2.79. The van der Waals surface area contributed by atoms with E-state index in [4.69, 9.17) is 17.3 Å². The number of hydrogen-bond donors (Lipinski definition) is 2. The zero-order valence-corrected chi connectivity index (χ0v) is 9.25. The maximum atomic E-state index is 6.09. The molecule has 0 spiro atoms. The third-order valence-electron chi connectivity index (χ3n) is 2.38. The van der Waals surface area contributed by atoms with Gasteiger partial charge in [-0.3, -0.25) is 0 Å². The summed E-state index contributed by atoms with van der Waals surface area (Å²) >= 11 is 6.09. The van der Waals surface area contributed by atoms with E-state index in [0.717, 1.165) is 23.5 Å². The predicted octanol–water partition coefficient (Wildman–Crippen LogP) is 1.57. The van der Waals surface area contributed by atoms with Crippen LogP contribution in [0.5, 0.6) is 0 Å². The van der Waals surface area contributed by atoms with Gasteiger partial charge in [-0.1, -0.05) is 11.6 Å². The molecule has 3 N–H and O–H groups in total. The first-order chi connectivity index (χ1) is 7.24. The molecular weight excluding hydrogens is 212 g/mol. The van der Waals surface area contributed by atoms with Crippen molar-refractivity contribution in [3.8, 4) is 11.3 Å². The molecule has 2 rings (SSSR count). The standard InChI is InChI=1S/C10H13ClN4/c1-15-8(2-4-12)14-10(11)9(15)7-3-5-13-6-7/h3,5-6,13H,2,4,12H2,1H3. The van der Waals surface area contributed by atoms with Gasteiger partial charge in [0.25, 0.3) is 0 Å². The normalized spacial score (nSPS) is 10.9. The summed E-state index contributed by atoms with van der Waals surface area (Å²) in [4.78, 5) is 7.29. The van der Waals surface area contributed by atoms with E-state index in [2.05, 4.69) is 9.97 Å². The summed E-state index contributed by atoms with van der Waals surface area (Å²) in [6.45, 7) is 0.577. The van der Waals surface area contributed by atoms with Crippen LogP contribution >= 0.6 is 11.6 Å². The second kappa shape index (κ2) is 4.08.